The quantitative estimate of drug-likeness (QED) is 0.715. The number of rotatable bonds is 2. The molecule has 2 aliphatic rings. The highest BCUT2D eigenvalue weighted by atomic mass is 16.5. The lowest BCUT2D eigenvalue weighted by molar-refractivity contribution is -0.00462. The van der Waals surface area contributed by atoms with E-state index in [1.54, 1.807) is 0 Å². The summed E-state index contributed by atoms with van der Waals surface area (Å²) in [4.78, 5) is 14.6. The lowest BCUT2D eigenvalue weighted by atomic mass is 10.1. The zero-order valence-corrected chi connectivity index (χ0v) is 14.2. The van der Waals surface area contributed by atoms with Crippen LogP contribution in [0.4, 0.5) is 0 Å². The van der Waals surface area contributed by atoms with Crippen molar-refractivity contribution in [1.29, 1.82) is 0 Å². The first-order chi connectivity index (χ1) is 12.8. The van der Waals surface area contributed by atoms with E-state index >= 15 is 0 Å². The number of ether oxygens (including phenoxy) is 1. The molecule has 2 aliphatic heterocycles. The molecule has 0 bridgehead atoms. The molecule has 0 aliphatic carbocycles. The molecule has 5 rings (SSSR count). The Morgan fingerprint density at radius 3 is 2.50 bits per heavy atom. The van der Waals surface area contributed by atoms with E-state index in [1.165, 1.54) is 0 Å². The number of fused-ring (bicyclic) bond motifs is 3. The zero-order chi connectivity index (χ0) is 17.5. The number of amides is 1. The van der Waals surface area contributed by atoms with Crippen molar-refractivity contribution in [3.05, 3.63) is 71.9 Å². The fraction of sp³-hybridized carbons (Fsp3) is 0.250. The van der Waals surface area contributed by atoms with Gasteiger partial charge in [0.2, 0.25) is 0 Å². The van der Waals surface area contributed by atoms with Gasteiger partial charge in [0, 0.05) is 24.2 Å². The highest BCUT2D eigenvalue weighted by Crippen LogP contribution is 2.34. The molecule has 6 heteroatoms. The number of nitrogens with zero attached hydrogens (tertiary/aromatic N) is 4. The lowest BCUT2D eigenvalue weighted by Gasteiger charge is -2.26. The Labute approximate surface area is 151 Å². The first-order valence-electron chi connectivity index (χ1n) is 8.76. The Kier molecular flexibility index (Phi) is 3.57. The van der Waals surface area contributed by atoms with Crippen LogP contribution in [0.15, 0.2) is 60.7 Å². The second kappa shape index (κ2) is 6.07. The summed E-state index contributed by atoms with van der Waals surface area (Å²) < 4.78 is 8.02. The van der Waals surface area contributed by atoms with Crippen molar-refractivity contribution in [2.75, 3.05) is 13.1 Å². The Balaban J connectivity index is 1.43. The molecule has 0 unspecified atom stereocenters. The number of carbonyl (C=O) groups is 1. The molecule has 1 fully saturated rings. The van der Waals surface area contributed by atoms with Gasteiger partial charge in [-0.05, 0) is 12.1 Å². The van der Waals surface area contributed by atoms with Crippen LogP contribution in [-0.4, -0.2) is 45.0 Å². The first-order valence-corrected chi connectivity index (χ1v) is 8.76. The molecule has 3 aromatic rings. The number of hydrogen-bond donors (Lipinski definition) is 0. The third-order valence-electron chi connectivity index (χ3n) is 5.13. The smallest absolute Gasteiger partial charge is 0.254 e. The SMILES string of the molecule is O=C(c1ccccc1)N1C[C@@H]2OCc3c(-c4ccccc4)nnn3[C@H]2C1. The lowest BCUT2D eigenvalue weighted by Crippen LogP contribution is -2.32. The Bertz CT molecular complexity index is 939. The summed E-state index contributed by atoms with van der Waals surface area (Å²) >= 11 is 0. The molecule has 3 heterocycles. The molecular weight excluding hydrogens is 328 g/mol. The fourth-order valence-electron chi connectivity index (χ4n) is 3.80. The summed E-state index contributed by atoms with van der Waals surface area (Å²) in [6.07, 6.45) is -0.0412. The summed E-state index contributed by atoms with van der Waals surface area (Å²) in [5.41, 5.74) is 3.57. The summed E-state index contributed by atoms with van der Waals surface area (Å²) in [6.45, 7) is 1.63. The number of aromatic nitrogens is 3. The number of carbonyl (C=O) groups excluding carboxylic acids is 1. The molecule has 130 valence electrons. The monoisotopic (exact) mass is 346 g/mol. The Morgan fingerprint density at radius 2 is 1.73 bits per heavy atom. The second-order valence-corrected chi connectivity index (χ2v) is 6.69. The molecular formula is C20H18N4O2. The summed E-state index contributed by atoms with van der Waals surface area (Å²) in [7, 11) is 0. The average Bonchev–Trinajstić information content (AvgIpc) is 3.32. The van der Waals surface area contributed by atoms with E-state index in [2.05, 4.69) is 10.3 Å². The first kappa shape index (κ1) is 15.3. The summed E-state index contributed by atoms with van der Waals surface area (Å²) in [5, 5.41) is 8.78. The van der Waals surface area contributed by atoms with Crippen LogP contribution >= 0.6 is 0 Å². The predicted molar refractivity (Wildman–Crippen MR) is 95.4 cm³/mol. The molecule has 0 spiro atoms. The van der Waals surface area contributed by atoms with Crippen molar-refractivity contribution in [2.24, 2.45) is 0 Å². The highest BCUT2D eigenvalue weighted by Gasteiger charge is 2.42. The van der Waals surface area contributed by atoms with Crippen LogP contribution in [0.5, 0.6) is 0 Å². The largest absolute Gasteiger partial charge is 0.368 e. The van der Waals surface area contributed by atoms with Gasteiger partial charge in [-0.2, -0.15) is 0 Å². The molecule has 26 heavy (non-hydrogen) atoms. The molecule has 1 aromatic heterocycles. The van der Waals surface area contributed by atoms with Crippen molar-refractivity contribution in [3.63, 3.8) is 0 Å². The van der Waals surface area contributed by atoms with Crippen molar-refractivity contribution in [3.8, 4) is 11.3 Å². The van der Waals surface area contributed by atoms with Crippen molar-refractivity contribution < 1.29 is 9.53 Å². The Morgan fingerprint density at radius 1 is 1.00 bits per heavy atom. The van der Waals surface area contributed by atoms with Gasteiger partial charge in [0.1, 0.15) is 5.69 Å². The van der Waals surface area contributed by atoms with Gasteiger partial charge in [0.25, 0.3) is 5.91 Å². The van der Waals surface area contributed by atoms with Crippen LogP contribution in [0.3, 0.4) is 0 Å². The number of likely N-dealkylation sites (tertiary alicyclic amines) is 1. The van der Waals surface area contributed by atoms with Crippen LogP contribution in [0, 0.1) is 0 Å². The molecule has 6 nitrogen and oxygen atoms in total. The molecule has 2 aromatic carbocycles. The van der Waals surface area contributed by atoms with Crippen LogP contribution in [0.25, 0.3) is 11.3 Å². The molecule has 1 saturated heterocycles. The zero-order valence-electron chi connectivity index (χ0n) is 14.2. The van der Waals surface area contributed by atoms with Crippen LogP contribution < -0.4 is 0 Å². The van der Waals surface area contributed by atoms with E-state index in [0.717, 1.165) is 17.0 Å². The maximum Gasteiger partial charge on any atom is 0.254 e. The van der Waals surface area contributed by atoms with Crippen molar-refractivity contribution in [2.45, 2.75) is 18.8 Å². The number of hydrogen-bond acceptors (Lipinski definition) is 4. The van der Waals surface area contributed by atoms with E-state index in [-0.39, 0.29) is 18.1 Å². The van der Waals surface area contributed by atoms with E-state index in [9.17, 15) is 4.79 Å². The molecule has 2 atom stereocenters. The highest BCUT2D eigenvalue weighted by molar-refractivity contribution is 5.94. The summed E-state index contributed by atoms with van der Waals surface area (Å²) in [5.74, 6) is 0.0357. The molecule has 0 radical (unpaired) electrons. The molecule has 0 saturated carbocycles. The third-order valence-corrected chi connectivity index (χ3v) is 5.13. The topological polar surface area (TPSA) is 60.3 Å². The predicted octanol–water partition coefficient (Wildman–Crippen LogP) is 2.54. The second-order valence-electron chi connectivity index (χ2n) is 6.69. The molecule has 0 N–H and O–H groups in total. The van der Waals surface area contributed by atoms with E-state index in [0.29, 0.717) is 25.3 Å². The minimum Gasteiger partial charge on any atom is -0.368 e. The summed E-state index contributed by atoms with van der Waals surface area (Å²) in [6, 6.07) is 19.4. The maximum atomic E-state index is 12.8. The van der Waals surface area contributed by atoms with Crippen LogP contribution in [-0.2, 0) is 11.3 Å². The average molecular weight is 346 g/mol. The minimum atomic E-state index is -0.0412. The van der Waals surface area contributed by atoms with Crippen molar-refractivity contribution >= 4 is 5.91 Å². The van der Waals surface area contributed by atoms with E-state index < -0.39 is 0 Å². The van der Waals surface area contributed by atoms with E-state index in [4.69, 9.17) is 4.74 Å². The number of benzene rings is 2. The van der Waals surface area contributed by atoms with Gasteiger partial charge in [-0.15, -0.1) is 5.10 Å². The van der Waals surface area contributed by atoms with Crippen LogP contribution in [0.1, 0.15) is 22.1 Å². The van der Waals surface area contributed by atoms with Gasteiger partial charge in [-0.1, -0.05) is 53.7 Å². The fourth-order valence-corrected chi connectivity index (χ4v) is 3.80. The van der Waals surface area contributed by atoms with Gasteiger partial charge in [0.05, 0.1) is 24.4 Å². The van der Waals surface area contributed by atoms with Gasteiger partial charge in [-0.25, -0.2) is 4.68 Å². The van der Waals surface area contributed by atoms with Gasteiger partial charge in [0.15, 0.2) is 0 Å². The van der Waals surface area contributed by atoms with Gasteiger partial charge < -0.3 is 9.64 Å². The van der Waals surface area contributed by atoms with Crippen LogP contribution in [0.2, 0.25) is 0 Å². The van der Waals surface area contributed by atoms with Gasteiger partial charge >= 0.3 is 0 Å². The van der Waals surface area contributed by atoms with Crippen molar-refractivity contribution in [1.82, 2.24) is 19.9 Å². The normalized spacial score (nSPS) is 21.3. The third kappa shape index (κ3) is 2.42. The van der Waals surface area contributed by atoms with Gasteiger partial charge in [-0.3, -0.25) is 4.79 Å². The standard InChI is InChI=1S/C20H18N4O2/c25-20(15-9-5-2-6-10-15)23-11-16-18(12-23)26-13-17-19(21-22-24(16)17)14-7-3-1-4-8-14/h1-10,16,18H,11-13H2/t16-,18-/m0/s1. The minimum absolute atomic E-state index is 0.0105. The Hall–Kier alpha value is -2.99. The maximum absolute atomic E-state index is 12.8. The van der Waals surface area contributed by atoms with E-state index in [1.807, 2.05) is 70.2 Å². The molecule has 1 amide bonds.